The molecule has 2 aromatic carbocycles. The lowest BCUT2D eigenvalue weighted by atomic mass is 10.1. The van der Waals surface area contributed by atoms with Crippen LogP contribution in [0.4, 0.5) is 10.1 Å². The minimum atomic E-state index is -0.600. The van der Waals surface area contributed by atoms with Crippen molar-refractivity contribution in [2.45, 2.75) is 6.42 Å². The highest BCUT2D eigenvalue weighted by Crippen LogP contribution is 2.33. The summed E-state index contributed by atoms with van der Waals surface area (Å²) in [5.41, 5.74) is 1.61. The highest BCUT2D eigenvalue weighted by molar-refractivity contribution is 8.18. The molecule has 0 bridgehead atoms. The molecule has 1 saturated heterocycles. The maximum atomic E-state index is 13.1. The molecule has 1 fully saturated rings. The molecule has 0 aromatic heterocycles. The van der Waals surface area contributed by atoms with Crippen molar-refractivity contribution in [3.63, 3.8) is 0 Å². The van der Waals surface area contributed by atoms with Crippen molar-refractivity contribution in [2.24, 2.45) is 4.99 Å². The third-order valence-electron chi connectivity index (χ3n) is 3.86. The molecule has 1 heterocycles. The van der Waals surface area contributed by atoms with E-state index in [1.807, 2.05) is 30.3 Å². The number of halogens is 1. The van der Waals surface area contributed by atoms with Crippen LogP contribution in [0.3, 0.4) is 0 Å². The number of carbonyl (C=O) groups is 2. The number of ether oxygens (including phenoxy) is 1. The molecule has 0 aliphatic carbocycles. The number of carbonyl (C=O) groups excluding carboxylic acids is 2. The number of nitrogens with zero attached hydrogens (tertiary/aromatic N) is 2. The maximum Gasteiger partial charge on any atom is 0.331 e. The van der Waals surface area contributed by atoms with E-state index < -0.39 is 5.97 Å². The van der Waals surface area contributed by atoms with E-state index in [9.17, 15) is 14.0 Å². The van der Waals surface area contributed by atoms with Crippen molar-refractivity contribution in [1.82, 2.24) is 4.90 Å². The summed E-state index contributed by atoms with van der Waals surface area (Å²) in [5, 5.41) is 0.442. The number of hydrogen-bond acceptors (Lipinski definition) is 5. The Hall–Kier alpha value is -2.93. The smallest absolute Gasteiger partial charge is 0.331 e. The van der Waals surface area contributed by atoms with Crippen LogP contribution in [0, 0.1) is 5.82 Å². The van der Waals surface area contributed by atoms with Gasteiger partial charge in [0, 0.05) is 12.6 Å². The van der Waals surface area contributed by atoms with E-state index in [1.54, 1.807) is 0 Å². The van der Waals surface area contributed by atoms with E-state index in [-0.39, 0.29) is 16.6 Å². The Balaban J connectivity index is 1.87. The van der Waals surface area contributed by atoms with Crippen LogP contribution < -0.4 is 0 Å². The number of esters is 1. The summed E-state index contributed by atoms with van der Waals surface area (Å²) in [4.78, 5) is 30.5. The lowest BCUT2D eigenvalue weighted by Gasteiger charge is -2.15. The minimum absolute atomic E-state index is 0.246. The van der Waals surface area contributed by atoms with Crippen LogP contribution >= 0.6 is 11.8 Å². The Morgan fingerprint density at radius 2 is 1.89 bits per heavy atom. The Morgan fingerprint density at radius 1 is 1.19 bits per heavy atom. The fraction of sp³-hybridized carbons (Fsp3) is 0.150. The zero-order valence-electron chi connectivity index (χ0n) is 14.6. The molecule has 0 atom stereocenters. The van der Waals surface area contributed by atoms with Crippen molar-refractivity contribution in [1.29, 1.82) is 0 Å². The molecular weight excluding hydrogens is 367 g/mol. The summed E-state index contributed by atoms with van der Waals surface area (Å²) in [6, 6.07) is 15.4. The monoisotopic (exact) mass is 384 g/mol. The van der Waals surface area contributed by atoms with Crippen LogP contribution in [0.5, 0.6) is 0 Å². The van der Waals surface area contributed by atoms with Crippen molar-refractivity contribution in [3.05, 3.63) is 77.0 Å². The van der Waals surface area contributed by atoms with E-state index in [1.165, 1.54) is 36.3 Å². The summed E-state index contributed by atoms with van der Waals surface area (Å²) < 4.78 is 17.7. The van der Waals surface area contributed by atoms with Gasteiger partial charge in [0.05, 0.1) is 17.7 Å². The van der Waals surface area contributed by atoms with Gasteiger partial charge in [-0.1, -0.05) is 30.3 Å². The lowest BCUT2D eigenvalue weighted by molar-refractivity contribution is -0.135. The topological polar surface area (TPSA) is 59.0 Å². The molecule has 0 N–H and O–H groups in total. The van der Waals surface area contributed by atoms with Crippen molar-refractivity contribution >= 4 is 34.5 Å². The lowest BCUT2D eigenvalue weighted by Crippen LogP contribution is -2.31. The van der Waals surface area contributed by atoms with Gasteiger partial charge in [0.1, 0.15) is 5.82 Å². The Bertz CT molecular complexity index is 895. The molecule has 7 heteroatoms. The number of benzene rings is 2. The van der Waals surface area contributed by atoms with Gasteiger partial charge in [-0.25, -0.2) is 14.2 Å². The molecule has 5 nitrogen and oxygen atoms in total. The zero-order valence-corrected chi connectivity index (χ0v) is 15.4. The second kappa shape index (κ2) is 8.64. The number of amidine groups is 1. The van der Waals surface area contributed by atoms with Gasteiger partial charge in [0.15, 0.2) is 5.17 Å². The maximum absolute atomic E-state index is 13.1. The third-order valence-corrected chi connectivity index (χ3v) is 4.86. The van der Waals surface area contributed by atoms with Gasteiger partial charge >= 0.3 is 5.97 Å². The predicted octanol–water partition coefficient (Wildman–Crippen LogP) is 3.69. The van der Waals surface area contributed by atoms with E-state index >= 15 is 0 Å². The quantitative estimate of drug-likeness (QED) is 0.583. The van der Waals surface area contributed by atoms with Gasteiger partial charge < -0.3 is 4.74 Å². The first kappa shape index (κ1) is 18.8. The molecular formula is C20H17FN2O3S. The molecule has 27 heavy (non-hydrogen) atoms. The van der Waals surface area contributed by atoms with Crippen LogP contribution in [0.2, 0.25) is 0 Å². The number of methoxy groups -OCH3 is 1. The van der Waals surface area contributed by atoms with Gasteiger partial charge in [-0.3, -0.25) is 9.69 Å². The Morgan fingerprint density at radius 3 is 2.56 bits per heavy atom. The van der Waals surface area contributed by atoms with Crippen LogP contribution in [-0.4, -0.2) is 35.6 Å². The van der Waals surface area contributed by atoms with Gasteiger partial charge in [0.25, 0.3) is 5.91 Å². The molecule has 1 aliphatic heterocycles. The summed E-state index contributed by atoms with van der Waals surface area (Å²) in [5.74, 6) is -1.26. The van der Waals surface area contributed by atoms with Gasteiger partial charge in [0.2, 0.25) is 0 Å². The number of rotatable bonds is 5. The third kappa shape index (κ3) is 4.83. The molecule has 1 amide bonds. The van der Waals surface area contributed by atoms with Crippen LogP contribution in [0.15, 0.2) is 70.6 Å². The molecule has 2 aromatic rings. The molecule has 0 saturated carbocycles. The van der Waals surface area contributed by atoms with Gasteiger partial charge in [-0.05, 0) is 48.0 Å². The minimum Gasteiger partial charge on any atom is -0.466 e. The zero-order chi connectivity index (χ0) is 19.2. The molecule has 1 aliphatic rings. The number of hydrogen-bond donors (Lipinski definition) is 0. The largest absolute Gasteiger partial charge is 0.466 e. The average Bonchev–Trinajstić information content (AvgIpc) is 2.97. The molecule has 138 valence electrons. The van der Waals surface area contributed by atoms with Gasteiger partial charge in [-0.2, -0.15) is 0 Å². The second-order valence-electron chi connectivity index (χ2n) is 5.70. The molecule has 3 rings (SSSR count). The fourth-order valence-corrected chi connectivity index (χ4v) is 3.45. The first-order valence-corrected chi connectivity index (χ1v) is 9.06. The summed E-state index contributed by atoms with van der Waals surface area (Å²) >= 11 is 1.10. The highest BCUT2D eigenvalue weighted by Gasteiger charge is 2.33. The van der Waals surface area contributed by atoms with E-state index in [4.69, 9.17) is 0 Å². The molecule has 0 unspecified atom stereocenters. The summed E-state index contributed by atoms with van der Waals surface area (Å²) in [6.07, 6.45) is 1.80. The summed E-state index contributed by atoms with van der Waals surface area (Å²) in [7, 11) is 1.25. The molecule has 0 spiro atoms. The van der Waals surface area contributed by atoms with Crippen LogP contribution in [-0.2, 0) is 20.7 Å². The Kier molecular flexibility index (Phi) is 6.03. The standard InChI is InChI=1S/C20H17FN2O3S/c1-26-18(24)13-17-19(25)23(12-11-14-5-3-2-4-6-14)20(27-17)22-16-9-7-15(21)8-10-16/h2-10,13H,11-12H2,1H3/b17-13-,22-20?. The van der Waals surface area contributed by atoms with Crippen LogP contribution in [0.1, 0.15) is 5.56 Å². The van der Waals surface area contributed by atoms with E-state index in [0.29, 0.717) is 23.8 Å². The number of amides is 1. The summed E-state index contributed by atoms with van der Waals surface area (Å²) in [6.45, 7) is 0.411. The predicted molar refractivity (Wildman–Crippen MR) is 103 cm³/mol. The fourth-order valence-electron chi connectivity index (χ4n) is 2.47. The second-order valence-corrected chi connectivity index (χ2v) is 6.71. The molecule has 0 radical (unpaired) electrons. The van der Waals surface area contributed by atoms with Crippen LogP contribution in [0.25, 0.3) is 0 Å². The number of aliphatic imine (C=N–C) groups is 1. The first-order valence-electron chi connectivity index (χ1n) is 8.24. The van der Waals surface area contributed by atoms with E-state index in [0.717, 1.165) is 23.4 Å². The SMILES string of the molecule is COC(=O)/C=C1\SC(=Nc2ccc(F)cc2)N(CCc2ccccc2)C1=O. The van der Waals surface area contributed by atoms with E-state index in [2.05, 4.69) is 9.73 Å². The van der Waals surface area contributed by atoms with Crippen molar-refractivity contribution in [2.75, 3.05) is 13.7 Å². The average molecular weight is 384 g/mol. The van der Waals surface area contributed by atoms with Gasteiger partial charge in [-0.15, -0.1) is 0 Å². The normalized spacial score (nSPS) is 17.0. The number of thioether (sulfide) groups is 1. The Labute approximate surface area is 160 Å². The van der Waals surface area contributed by atoms with Crippen molar-refractivity contribution < 1.29 is 18.7 Å². The first-order chi connectivity index (χ1) is 13.1. The highest BCUT2D eigenvalue weighted by atomic mass is 32.2. The van der Waals surface area contributed by atoms with Crippen molar-refractivity contribution in [3.8, 4) is 0 Å².